The first-order chi connectivity index (χ1) is 57.0. The van der Waals surface area contributed by atoms with Crippen molar-refractivity contribution in [2.45, 2.75) is 157 Å². The summed E-state index contributed by atoms with van der Waals surface area (Å²) >= 11 is 0. The summed E-state index contributed by atoms with van der Waals surface area (Å²) in [4.78, 5) is 0. The lowest BCUT2D eigenvalue weighted by atomic mass is 9.86. The van der Waals surface area contributed by atoms with Crippen LogP contribution in [0.5, 0.6) is 0 Å². The molecule has 120 heavy (non-hydrogen) atoms. The fraction of sp³-hybridized carbons (Fsp3) is 0.200. The molecule has 0 aliphatic carbocycles. The highest BCUT2D eigenvalue weighted by atomic mass is 14.2. The van der Waals surface area contributed by atoms with Gasteiger partial charge in [-0.25, -0.2) is 0 Å². The highest BCUT2D eigenvalue weighted by molar-refractivity contribution is 5.76. The minimum absolute atomic E-state index is 0.120. The molecule has 0 saturated carbocycles. The average molecular weight is 1540 g/mol. The minimum Gasteiger partial charge on any atom is -0.0617 e. The number of hydrogen-bond acceptors (Lipinski definition) is 0. The van der Waals surface area contributed by atoms with E-state index in [1.54, 1.807) is 0 Å². The van der Waals surface area contributed by atoms with Gasteiger partial charge < -0.3 is 0 Å². The van der Waals surface area contributed by atoms with Gasteiger partial charge in [0, 0.05) is 129 Å². The molecule has 0 amide bonds. The molecule has 0 aromatic heterocycles. The SMILES string of the molecule is CC(C)(C)c1cc2c#cc3ccc(c#cc4cc(C(C)(C)C)cc(c#cc5ccc(c#cc6cc(C(C)(C)C)cc(c#cc7ccc(c#cc8cc(C(C)(C)C)cc(c#cc9ccc(c#cc%10cc(C(C)(C)C)cc(c#cc%11ccc(c#cc%12cc(C(C)(C)C)cc(c#cc%13ccc(c#cc(c1)c2)cc%13)c%12)cc%11)c%10)cc9)c8)cc7)c6)cc5)c4)cc3. The molecule has 0 aliphatic heterocycles. The quantitative estimate of drug-likeness (QED) is 0.142. The van der Waals surface area contributed by atoms with Crippen LogP contribution in [0.15, 0.2) is 255 Å². The van der Waals surface area contributed by atoms with E-state index in [2.05, 4.69) is 379 Å². The smallest absolute Gasteiger partial charge is 0.0264 e. The molecule has 0 unspecified atom stereocenters. The molecule has 22 aromatic rings. The van der Waals surface area contributed by atoms with E-state index in [4.69, 9.17) is 0 Å². The highest BCUT2D eigenvalue weighted by Crippen LogP contribution is 2.31. The molecule has 0 nitrogen and oxygen atoms in total. The van der Waals surface area contributed by atoms with Gasteiger partial charge in [-0.3, -0.25) is 0 Å². The van der Waals surface area contributed by atoms with Crippen LogP contribution in [0, 0.1) is 146 Å². The molecular weight excluding hydrogens is 1440 g/mol. The monoisotopic (exact) mass is 1540 g/mol. The zero-order chi connectivity index (χ0) is 85.0. The topological polar surface area (TPSA) is 0 Å². The number of rotatable bonds is 0. The van der Waals surface area contributed by atoms with Gasteiger partial charge in [-0.1, -0.05) is 270 Å². The van der Waals surface area contributed by atoms with Crippen LogP contribution in [0.1, 0.15) is 158 Å². The molecule has 24 bridgehead atoms. The molecule has 0 N–H and O–H groups in total. The Morgan fingerprint density at radius 3 is 0.233 bits per heavy atom. The van der Waals surface area contributed by atoms with Gasteiger partial charge in [0.05, 0.1) is 0 Å². The van der Waals surface area contributed by atoms with E-state index in [0.29, 0.717) is 0 Å². The van der Waals surface area contributed by atoms with Crippen molar-refractivity contribution in [3.63, 3.8) is 0 Å². The molecule has 0 spiro atoms. The van der Waals surface area contributed by atoms with Gasteiger partial charge in [0.15, 0.2) is 0 Å². The van der Waals surface area contributed by atoms with Gasteiger partial charge in [0.25, 0.3) is 0 Å². The van der Waals surface area contributed by atoms with Crippen molar-refractivity contribution in [3.8, 4) is 0 Å². The lowest BCUT2D eigenvalue weighted by molar-refractivity contribution is 0.591. The van der Waals surface area contributed by atoms with Crippen molar-refractivity contribution >= 4 is 129 Å². The van der Waals surface area contributed by atoms with Crippen molar-refractivity contribution in [1.82, 2.24) is 0 Å². The molecule has 0 saturated heterocycles. The maximum absolute atomic E-state index is 3.46. The summed E-state index contributed by atoms with van der Waals surface area (Å²) in [6.07, 6.45) is 0. The molecule has 576 valence electrons. The van der Waals surface area contributed by atoms with Crippen LogP contribution < -0.4 is 0 Å². The summed E-state index contributed by atoms with van der Waals surface area (Å²) in [6, 6.07) is 170. The lowest BCUT2D eigenvalue weighted by Crippen LogP contribution is -2.10. The van der Waals surface area contributed by atoms with Crippen LogP contribution >= 0.6 is 0 Å². The zero-order valence-corrected chi connectivity index (χ0v) is 72.2. The van der Waals surface area contributed by atoms with Crippen LogP contribution in [0.2, 0.25) is 0 Å². The molecule has 0 radical (unpaired) electrons. The first-order valence-corrected chi connectivity index (χ1v) is 40.8. The Morgan fingerprint density at radius 1 is 0.100 bits per heavy atom. The Morgan fingerprint density at radius 2 is 0.167 bits per heavy atom. The van der Waals surface area contributed by atoms with Crippen molar-refractivity contribution in [2.75, 3.05) is 0 Å². The first-order valence-electron chi connectivity index (χ1n) is 40.8. The van der Waals surface area contributed by atoms with Crippen LogP contribution in [-0.4, -0.2) is 0 Å². The van der Waals surface area contributed by atoms with Crippen molar-refractivity contribution < 1.29 is 0 Å². The maximum atomic E-state index is 3.46. The highest BCUT2D eigenvalue weighted by Gasteiger charge is 2.19. The standard InChI is InChI=1S/C120H96/c1-115(2,3)109-73-97-55-43-85-19-23-87(24-20-85)45-57-99-68-101(77-110(75-99)116(4,5)6)59-47-89-27-31-91(32-28-89)49-61-103-70-105(81-112(79-103)118(10,11)12)63-51-93-35-39-95(40-36-93)53-65-107-72-108(84-114(83-107)120(16,17)18)66-54-96-41-37-94(38-42-96)52-64-106-71-104(80-113(82-106)119(13,14)15)62-50-92-33-29-90(30-34-92)48-60-102-69-100(76-111(78-102)117(7,8)9)58-46-88-25-21-86(22-26-88)44-56-98(67-97)74-109/h19-42,67-84H,1-18H3. The van der Waals surface area contributed by atoms with E-state index in [0.717, 1.165) is 163 Å². The molecule has 0 atom stereocenters. The predicted molar refractivity (Wildman–Crippen MR) is 506 cm³/mol. The Kier molecular flexibility index (Phi) is 24.6. The summed E-state index contributed by atoms with van der Waals surface area (Å²) < 4.78 is 0. The summed E-state index contributed by atoms with van der Waals surface area (Å²) in [6.45, 7) is 39.9. The largest absolute Gasteiger partial charge is 0.0617 e. The van der Waals surface area contributed by atoms with Crippen LogP contribution in [-0.2, 0) is 32.5 Å². The molecule has 0 heteroatoms. The van der Waals surface area contributed by atoms with Crippen molar-refractivity contribution in [1.29, 1.82) is 0 Å². The van der Waals surface area contributed by atoms with Gasteiger partial charge in [-0.2, -0.15) is 0 Å². The molecule has 22 rings (SSSR count). The van der Waals surface area contributed by atoms with Crippen LogP contribution in [0.3, 0.4) is 0 Å². The molecular formula is C120H96. The zero-order valence-electron chi connectivity index (χ0n) is 72.2. The molecule has 0 fully saturated rings. The third-order valence-electron chi connectivity index (χ3n) is 20.3. The second-order valence-electron chi connectivity index (χ2n) is 36.8. The van der Waals surface area contributed by atoms with Crippen LogP contribution in [0.4, 0.5) is 0 Å². The third-order valence-corrected chi connectivity index (χ3v) is 20.3. The van der Waals surface area contributed by atoms with Gasteiger partial charge >= 0.3 is 0 Å². The lowest BCUT2D eigenvalue weighted by Gasteiger charge is -2.18. The second-order valence-corrected chi connectivity index (χ2v) is 36.8. The summed E-state index contributed by atoms with van der Waals surface area (Å²) in [7, 11) is 0. The van der Waals surface area contributed by atoms with Gasteiger partial charge in [0.2, 0.25) is 0 Å². The predicted octanol–water partition coefficient (Wildman–Crippen LogP) is 30.3. The summed E-state index contributed by atoms with van der Waals surface area (Å²) in [5.74, 6) is 0. The van der Waals surface area contributed by atoms with Crippen LogP contribution in [0.25, 0.3) is 129 Å². The Bertz CT molecular complexity index is 5350. The molecule has 0 aliphatic rings. The minimum atomic E-state index is -0.120. The van der Waals surface area contributed by atoms with E-state index in [9.17, 15) is 0 Å². The number of hydrogen-bond donors (Lipinski definition) is 0. The van der Waals surface area contributed by atoms with Crippen molar-refractivity contribution in [3.05, 3.63) is 434 Å². The van der Waals surface area contributed by atoms with Gasteiger partial charge in [-0.15, -0.1) is 0 Å². The fourth-order valence-electron chi connectivity index (χ4n) is 12.8. The van der Waals surface area contributed by atoms with E-state index in [1.165, 1.54) is 0 Å². The fourth-order valence-corrected chi connectivity index (χ4v) is 12.8. The van der Waals surface area contributed by atoms with E-state index in [1.807, 2.05) is 146 Å². The Hall–Kier alpha value is -14.6. The average Bonchev–Trinajstić information content (AvgIpc) is 0.877. The second kappa shape index (κ2) is 35.4. The van der Waals surface area contributed by atoms with Gasteiger partial charge in [-0.05, 0) is 321 Å². The summed E-state index contributed by atoms with van der Waals surface area (Å²) in [5, 5.41) is 21.6. The van der Waals surface area contributed by atoms with Crippen molar-refractivity contribution in [2.24, 2.45) is 0 Å². The molecule has 0 heterocycles. The van der Waals surface area contributed by atoms with E-state index < -0.39 is 0 Å². The number of benzene rings is 12. The van der Waals surface area contributed by atoms with E-state index in [-0.39, 0.29) is 32.5 Å². The Labute approximate surface area is 715 Å². The first kappa shape index (κ1) is 83.3. The normalized spacial score (nSPS) is 10.9. The third kappa shape index (κ3) is 23.8. The Balaban J connectivity index is 0.867. The van der Waals surface area contributed by atoms with Gasteiger partial charge in [0.1, 0.15) is 0 Å². The summed E-state index contributed by atoms with van der Waals surface area (Å²) in [5.41, 5.74) is 6.25. The maximum Gasteiger partial charge on any atom is 0.0264 e. The molecule has 22 aromatic carbocycles. The van der Waals surface area contributed by atoms with E-state index >= 15 is 0 Å².